The van der Waals surface area contributed by atoms with E-state index in [2.05, 4.69) is 24.3 Å². The molecule has 0 aliphatic rings. The van der Waals surface area contributed by atoms with E-state index < -0.39 is 0 Å². The highest BCUT2D eigenvalue weighted by molar-refractivity contribution is 5.64. The fourth-order valence-electron chi connectivity index (χ4n) is 2.50. The molecule has 1 heterocycles. The Hall–Kier alpha value is -2.62. The molecule has 4 heteroatoms. The number of nitrogens with two attached hydrogens (primary N) is 1. The lowest BCUT2D eigenvalue weighted by Gasteiger charge is -2.04. The van der Waals surface area contributed by atoms with Gasteiger partial charge >= 0.3 is 11.6 Å². The van der Waals surface area contributed by atoms with Gasteiger partial charge in [0.2, 0.25) is 5.27 Å². The average Bonchev–Trinajstić information content (AvgIpc) is 2.91. The number of nitrogen functional groups attached to an aromatic ring is 1. The number of hydrogen-bond acceptors (Lipinski definition) is 3. The molecule has 0 amide bonds. The predicted octanol–water partition coefficient (Wildman–Crippen LogP) is 3.02. The summed E-state index contributed by atoms with van der Waals surface area (Å²) in [5, 5.41) is 4.10. The normalized spacial score (nSPS) is 12.2. The van der Waals surface area contributed by atoms with E-state index in [1.807, 2.05) is 53.2 Å². The summed E-state index contributed by atoms with van der Waals surface area (Å²) < 4.78 is 7.06. The van der Waals surface area contributed by atoms with Crippen LogP contribution < -0.4 is 10.4 Å². The summed E-state index contributed by atoms with van der Waals surface area (Å²) in [6.45, 7) is 2.11. The van der Waals surface area contributed by atoms with Crippen molar-refractivity contribution in [3.05, 3.63) is 66.2 Å². The monoisotopic (exact) mass is 280 g/mol. The van der Waals surface area contributed by atoms with Crippen molar-refractivity contribution >= 4 is 5.88 Å². The molecule has 0 bridgehead atoms. The Morgan fingerprint density at radius 2 is 1.67 bits per heavy atom. The van der Waals surface area contributed by atoms with Gasteiger partial charge in [0, 0.05) is 13.3 Å². The Labute approximate surface area is 123 Å². The molecule has 3 aromatic rings. The first-order valence-corrected chi connectivity index (χ1v) is 7.02. The molecule has 4 nitrogen and oxygen atoms in total. The Bertz CT molecular complexity index is 707. The van der Waals surface area contributed by atoms with Gasteiger partial charge in [-0.25, -0.2) is 0 Å². The Morgan fingerprint density at radius 1 is 1.05 bits per heavy atom. The standard InChI is InChI=1S/C17H18N3O/c1-13(12-14-8-4-2-5-9-14)20-16(17(18)21-19-20)15-10-6-3-7-11-15/h2-11,13H,12,18H2,1H3/q+1. The number of nitrogens with zero attached hydrogens (tertiary/aromatic N) is 2. The van der Waals surface area contributed by atoms with Crippen LogP contribution in [0.2, 0.25) is 0 Å². The third kappa shape index (κ3) is 2.79. The van der Waals surface area contributed by atoms with Crippen LogP contribution in [0.1, 0.15) is 18.5 Å². The van der Waals surface area contributed by atoms with Crippen molar-refractivity contribution in [3.63, 3.8) is 0 Å². The minimum atomic E-state index is 0.156. The van der Waals surface area contributed by atoms with Crippen LogP contribution in [0, 0.1) is 0 Å². The van der Waals surface area contributed by atoms with Gasteiger partial charge in [-0.05, 0) is 22.4 Å². The lowest BCUT2D eigenvalue weighted by Crippen LogP contribution is -2.42. The van der Waals surface area contributed by atoms with E-state index in [1.165, 1.54) is 5.56 Å². The summed E-state index contributed by atoms with van der Waals surface area (Å²) >= 11 is 0. The highest BCUT2D eigenvalue weighted by Gasteiger charge is 2.29. The smallest absolute Gasteiger partial charge is 0.304 e. The summed E-state index contributed by atoms with van der Waals surface area (Å²) in [7, 11) is 0. The van der Waals surface area contributed by atoms with E-state index >= 15 is 0 Å². The van der Waals surface area contributed by atoms with E-state index in [-0.39, 0.29) is 6.04 Å². The summed E-state index contributed by atoms with van der Waals surface area (Å²) in [6.07, 6.45) is 0.872. The van der Waals surface area contributed by atoms with Gasteiger partial charge in [-0.15, -0.1) is 0 Å². The zero-order chi connectivity index (χ0) is 14.7. The third-order valence-corrected chi connectivity index (χ3v) is 3.53. The predicted molar refractivity (Wildman–Crippen MR) is 81.4 cm³/mol. The van der Waals surface area contributed by atoms with E-state index in [9.17, 15) is 0 Å². The van der Waals surface area contributed by atoms with E-state index in [0.29, 0.717) is 5.88 Å². The molecule has 0 saturated heterocycles. The SMILES string of the molecule is CC(Cc1ccccc1)[n+]1noc(N)c1-c1ccccc1. The number of anilines is 1. The molecule has 21 heavy (non-hydrogen) atoms. The lowest BCUT2D eigenvalue weighted by molar-refractivity contribution is -0.772. The second-order valence-electron chi connectivity index (χ2n) is 5.14. The second-order valence-corrected chi connectivity index (χ2v) is 5.14. The van der Waals surface area contributed by atoms with Gasteiger partial charge in [0.15, 0.2) is 6.04 Å². The van der Waals surface area contributed by atoms with E-state index in [1.54, 1.807) is 0 Å². The van der Waals surface area contributed by atoms with E-state index in [4.69, 9.17) is 10.3 Å². The zero-order valence-electron chi connectivity index (χ0n) is 11.9. The fourth-order valence-corrected chi connectivity index (χ4v) is 2.50. The summed E-state index contributed by atoms with van der Waals surface area (Å²) in [5.74, 6) is 0.348. The minimum Gasteiger partial charge on any atom is -0.362 e. The van der Waals surface area contributed by atoms with Gasteiger partial charge < -0.3 is 5.73 Å². The highest BCUT2D eigenvalue weighted by atomic mass is 16.5. The molecule has 0 aliphatic carbocycles. The van der Waals surface area contributed by atoms with Crippen LogP contribution in [0.3, 0.4) is 0 Å². The van der Waals surface area contributed by atoms with Crippen molar-refractivity contribution in [2.24, 2.45) is 0 Å². The van der Waals surface area contributed by atoms with Crippen molar-refractivity contribution in [1.82, 2.24) is 5.27 Å². The molecule has 1 atom stereocenters. The van der Waals surface area contributed by atoms with Gasteiger partial charge in [-0.1, -0.05) is 48.5 Å². The molecule has 2 N–H and O–H groups in total. The van der Waals surface area contributed by atoms with E-state index in [0.717, 1.165) is 17.7 Å². The van der Waals surface area contributed by atoms with Crippen molar-refractivity contribution in [3.8, 4) is 11.3 Å². The summed E-state index contributed by atoms with van der Waals surface area (Å²) in [4.78, 5) is 0. The Morgan fingerprint density at radius 3 is 2.33 bits per heavy atom. The Balaban J connectivity index is 1.93. The highest BCUT2D eigenvalue weighted by Crippen LogP contribution is 2.23. The van der Waals surface area contributed by atoms with Crippen LogP contribution in [0.15, 0.2) is 65.2 Å². The van der Waals surface area contributed by atoms with Crippen LogP contribution in [0.25, 0.3) is 11.3 Å². The van der Waals surface area contributed by atoms with Gasteiger partial charge in [0.05, 0.1) is 5.56 Å². The molecule has 106 valence electrons. The number of hydrogen-bond donors (Lipinski definition) is 1. The summed E-state index contributed by atoms with van der Waals surface area (Å²) in [5.41, 5.74) is 9.06. The van der Waals surface area contributed by atoms with Crippen molar-refractivity contribution in [1.29, 1.82) is 0 Å². The van der Waals surface area contributed by atoms with Gasteiger partial charge in [0.25, 0.3) is 0 Å². The fraction of sp³-hybridized carbons (Fsp3) is 0.176. The maximum atomic E-state index is 5.95. The lowest BCUT2D eigenvalue weighted by atomic mass is 10.1. The average molecular weight is 280 g/mol. The number of rotatable bonds is 4. The molecule has 3 rings (SSSR count). The van der Waals surface area contributed by atoms with Crippen LogP contribution in [-0.4, -0.2) is 5.27 Å². The molecule has 2 aromatic carbocycles. The van der Waals surface area contributed by atoms with Gasteiger partial charge in [0.1, 0.15) is 0 Å². The van der Waals surface area contributed by atoms with Crippen molar-refractivity contribution in [2.45, 2.75) is 19.4 Å². The third-order valence-electron chi connectivity index (χ3n) is 3.53. The molecule has 0 aliphatic heterocycles. The molecule has 1 unspecified atom stereocenters. The molecule has 0 fully saturated rings. The van der Waals surface area contributed by atoms with Crippen LogP contribution >= 0.6 is 0 Å². The number of benzene rings is 2. The maximum absolute atomic E-state index is 5.95. The largest absolute Gasteiger partial charge is 0.362 e. The summed E-state index contributed by atoms with van der Waals surface area (Å²) in [6, 6.07) is 20.4. The molecule has 0 spiro atoms. The first kappa shape index (κ1) is 13.4. The second kappa shape index (κ2) is 5.79. The minimum absolute atomic E-state index is 0.156. The molecular weight excluding hydrogens is 262 g/mol. The quantitative estimate of drug-likeness (QED) is 0.747. The topological polar surface area (TPSA) is 55.9 Å². The van der Waals surface area contributed by atoms with Gasteiger partial charge in [-0.2, -0.15) is 0 Å². The molecular formula is C17H18N3O+. The van der Waals surface area contributed by atoms with Crippen molar-refractivity contribution < 1.29 is 9.20 Å². The molecule has 0 saturated carbocycles. The van der Waals surface area contributed by atoms with Crippen LogP contribution in [0.5, 0.6) is 0 Å². The zero-order valence-corrected chi connectivity index (χ0v) is 11.9. The first-order chi connectivity index (χ1) is 10.3. The van der Waals surface area contributed by atoms with Crippen LogP contribution in [-0.2, 0) is 6.42 Å². The molecule has 1 aromatic heterocycles. The van der Waals surface area contributed by atoms with Crippen LogP contribution in [0.4, 0.5) is 5.88 Å². The molecule has 0 radical (unpaired) electrons. The van der Waals surface area contributed by atoms with Gasteiger partial charge in [-0.3, -0.25) is 4.52 Å². The van der Waals surface area contributed by atoms with Crippen molar-refractivity contribution in [2.75, 3.05) is 5.73 Å². The number of aromatic nitrogens is 2. The first-order valence-electron chi connectivity index (χ1n) is 7.02. The maximum Gasteiger partial charge on any atom is 0.304 e. The Kier molecular flexibility index (Phi) is 3.69.